The third-order valence-electron chi connectivity index (χ3n) is 2.78. The van der Waals surface area contributed by atoms with Gasteiger partial charge in [0.25, 0.3) is 0 Å². The second-order valence-electron chi connectivity index (χ2n) is 7.38. The van der Waals surface area contributed by atoms with Crippen molar-refractivity contribution in [2.75, 3.05) is 5.75 Å². The van der Waals surface area contributed by atoms with Gasteiger partial charge < -0.3 is 4.74 Å². The van der Waals surface area contributed by atoms with Crippen LogP contribution in [0.15, 0.2) is 0 Å². The van der Waals surface area contributed by atoms with Gasteiger partial charge in [0.05, 0.1) is 6.42 Å². The standard InChI is InChI=1S/C15H30O2S/c1-11(18-10-14(3,4)5)9-13(16)17-12(2)15(6,7)8/h11-12H,9-10H2,1-8H3. The first-order valence-electron chi connectivity index (χ1n) is 6.73. The van der Waals surface area contributed by atoms with Crippen LogP contribution in [0.3, 0.4) is 0 Å². The molecule has 0 rings (SSSR count). The zero-order chi connectivity index (χ0) is 14.6. The average molecular weight is 274 g/mol. The summed E-state index contributed by atoms with van der Waals surface area (Å²) in [6, 6.07) is 0. The van der Waals surface area contributed by atoms with Crippen molar-refractivity contribution in [1.29, 1.82) is 0 Å². The first kappa shape index (κ1) is 17.8. The van der Waals surface area contributed by atoms with Crippen LogP contribution in [0.2, 0.25) is 0 Å². The van der Waals surface area contributed by atoms with Crippen molar-refractivity contribution < 1.29 is 9.53 Å². The molecule has 0 aliphatic carbocycles. The van der Waals surface area contributed by atoms with E-state index in [1.807, 2.05) is 18.7 Å². The predicted octanol–water partition coefficient (Wildman–Crippen LogP) is 4.52. The smallest absolute Gasteiger partial charge is 0.307 e. The molecule has 0 aliphatic rings. The minimum absolute atomic E-state index is 0.0114. The predicted molar refractivity (Wildman–Crippen MR) is 81.0 cm³/mol. The lowest BCUT2D eigenvalue weighted by Crippen LogP contribution is -2.29. The summed E-state index contributed by atoms with van der Waals surface area (Å²) >= 11 is 1.85. The molecule has 0 aliphatic heterocycles. The fourth-order valence-corrected chi connectivity index (χ4v) is 2.15. The maximum absolute atomic E-state index is 11.8. The van der Waals surface area contributed by atoms with Crippen LogP contribution < -0.4 is 0 Å². The first-order valence-corrected chi connectivity index (χ1v) is 7.78. The van der Waals surface area contributed by atoms with Gasteiger partial charge in [-0.1, -0.05) is 48.5 Å². The summed E-state index contributed by atoms with van der Waals surface area (Å²) in [4.78, 5) is 11.8. The molecule has 0 amide bonds. The molecule has 0 bridgehead atoms. The summed E-state index contributed by atoms with van der Waals surface area (Å²) in [6.45, 7) is 17.0. The topological polar surface area (TPSA) is 26.3 Å². The molecule has 0 aromatic heterocycles. The molecular weight excluding hydrogens is 244 g/mol. The van der Waals surface area contributed by atoms with Crippen molar-refractivity contribution in [1.82, 2.24) is 0 Å². The van der Waals surface area contributed by atoms with Crippen molar-refractivity contribution in [3.8, 4) is 0 Å². The summed E-state index contributed by atoms with van der Waals surface area (Å²) in [5, 5.41) is 0.323. The van der Waals surface area contributed by atoms with Crippen LogP contribution in [0.25, 0.3) is 0 Å². The number of esters is 1. The van der Waals surface area contributed by atoms with Gasteiger partial charge in [0, 0.05) is 5.25 Å². The highest BCUT2D eigenvalue weighted by Gasteiger charge is 2.24. The highest BCUT2D eigenvalue weighted by Crippen LogP contribution is 2.26. The number of carbonyl (C=O) groups excluding carboxylic acids is 1. The quantitative estimate of drug-likeness (QED) is 0.689. The Kier molecular flexibility index (Phi) is 6.77. The van der Waals surface area contributed by atoms with Crippen molar-refractivity contribution in [2.24, 2.45) is 10.8 Å². The zero-order valence-corrected chi connectivity index (χ0v) is 14.1. The van der Waals surface area contributed by atoms with Gasteiger partial charge in [-0.15, -0.1) is 0 Å². The molecule has 0 saturated heterocycles. The molecule has 2 nitrogen and oxygen atoms in total. The SMILES string of the molecule is CC(CC(=O)OC(C)C(C)(C)C)SCC(C)(C)C. The maximum atomic E-state index is 11.8. The van der Waals surface area contributed by atoms with Gasteiger partial charge in [0.15, 0.2) is 0 Å². The van der Waals surface area contributed by atoms with Crippen LogP contribution in [0.4, 0.5) is 0 Å². The summed E-state index contributed by atoms with van der Waals surface area (Å²) in [6.07, 6.45) is 0.464. The molecule has 18 heavy (non-hydrogen) atoms. The van der Waals surface area contributed by atoms with Crippen molar-refractivity contribution >= 4 is 17.7 Å². The highest BCUT2D eigenvalue weighted by molar-refractivity contribution is 7.99. The Bertz CT molecular complexity index is 261. The minimum Gasteiger partial charge on any atom is -0.462 e. The van der Waals surface area contributed by atoms with E-state index in [1.54, 1.807) is 0 Å². The van der Waals surface area contributed by atoms with E-state index in [-0.39, 0.29) is 17.5 Å². The van der Waals surface area contributed by atoms with Crippen LogP contribution in [0, 0.1) is 10.8 Å². The second kappa shape index (κ2) is 6.83. The van der Waals surface area contributed by atoms with Crippen LogP contribution in [-0.4, -0.2) is 23.1 Å². The van der Waals surface area contributed by atoms with Crippen LogP contribution in [0.5, 0.6) is 0 Å². The Morgan fingerprint density at radius 3 is 2.00 bits per heavy atom. The van der Waals surface area contributed by atoms with Crippen molar-refractivity contribution in [3.05, 3.63) is 0 Å². The van der Waals surface area contributed by atoms with Gasteiger partial charge in [-0.25, -0.2) is 0 Å². The van der Waals surface area contributed by atoms with Gasteiger partial charge in [-0.3, -0.25) is 4.79 Å². The van der Waals surface area contributed by atoms with E-state index in [2.05, 4.69) is 48.5 Å². The summed E-state index contributed by atoms with van der Waals surface area (Å²) in [7, 11) is 0. The van der Waals surface area contributed by atoms with Gasteiger partial charge in [0.2, 0.25) is 0 Å². The lowest BCUT2D eigenvalue weighted by atomic mass is 9.90. The Morgan fingerprint density at radius 1 is 1.11 bits per heavy atom. The fourth-order valence-electron chi connectivity index (χ4n) is 1.11. The van der Waals surface area contributed by atoms with Gasteiger partial charge in [-0.05, 0) is 23.5 Å². The van der Waals surface area contributed by atoms with Gasteiger partial charge >= 0.3 is 5.97 Å². The lowest BCUT2D eigenvalue weighted by Gasteiger charge is -2.27. The molecule has 0 saturated carbocycles. The fraction of sp³-hybridized carbons (Fsp3) is 0.933. The van der Waals surface area contributed by atoms with Crippen LogP contribution >= 0.6 is 11.8 Å². The Balaban J connectivity index is 4.02. The molecular formula is C15H30O2S. The average Bonchev–Trinajstić information content (AvgIpc) is 2.11. The Morgan fingerprint density at radius 2 is 1.61 bits per heavy atom. The largest absolute Gasteiger partial charge is 0.462 e. The van der Waals surface area contributed by atoms with Crippen LogP contribution in [-0.2, 0) is 9.53 Å². The van der Waals surface area contributed by atoms with Crippen molar-refractivity contribution in [2.45, 2.75) is 73.2 Å². The Labute approximate surface area is 117 Å². The normalized spacial score (nSPS) is 16.2. The Hall–Kier alpha value is -0.180. The van der Waals surface area contributed by atoms with Gasteiger partial charge in [-0.2, -0.15) is 11.8 Å². The number of rotatable bonds is 5. The molecule has 0 N–H and O–H groups in total. The van der Waals surface area contributed by atoms with Gasteiger partial charge in [0.1, 0.15) is 6.10 Å². The first-order chi connectivity index (χ1) is 7.92. The van der Waals surface area contributed by atoms with E-state index in [0.717, 1.165) is 5.75 Å². The number of carbonyl (C=O) groups is 1. The van der Waals surface area contributed by atoms with Crippen molar-refractivity contribution in [3.63, 3.8) is 0 Å². The molecule has 108 valence electrons. The molecule has 2 atom stereocenters. The zero-order valence-electron chi connectivity index (χ0n) is 13.3. The molecule has 0 heterocycles. The summed E-state index contributed by atoms with van der Waals surface area (Å²) < 4.78 is 5.47. The molecule has 0 aromatic carbocycles. The van der Waals surface area contributed by atoms with E-state index < -0.39 is 0 Å². The highest BCUT2D eigenvalue weighted by atomic mass is 32.2. The minimum atomic E-state index is -0.0775. The second-order valence-corrected chi connectivity index (χ2v) is 8.81. The molecule has 0 radical (unpaired) electrons. The van der Waals surface area contributed by atoms with Crippen LogP contribution in [0.1, 0.15) is 61.8 Å². The summed E-state index contributed by atoms with van der Waals surface area (Å²) in [5.41, 5.74) is 0.318. The van der Waals surface area contributed by atoms with E-state index in [4.69, 9.17) is 4.74 Å². The van der Waals surface area contributed by atoms with E-state index in [9.17, 15) is 4.79 Å². The number of ether oxygens (including phenoxy) is 1. The molecule has 0 spiro atoms. The molecule has 0 aromatic rings. The monoisotopic (exact) mass is 274 g/mol. The third kappa shape index (κ3) is 8.84. The van der Waals surface area contributed by atoms with E-state index >= 15 is 0 Å². The maximum Gasteiger partial charge on any atom is 0.307 e. The number of hydrogen-bond acceptors (Lipinski definition) is 3. The number of thioether (sulfide) groups is 1. The summed E-state index contributed by atoms with van der Waals surface area (Å²) in [5.74, 6) is 0.988. The van der Waals surface area contributed by atoms with E-state index in [0.29, 0.717) is 17.1 Å². The lowest BCUT2D eigenvalue weighted by molar-refractivity contribution is -0.153. The van der Waals surface area contributed by atoms with E-state index in [1.165, 1.54) is 0 Å². The molecule has 0 fully saturated rings. The molecule has 3 heteroatoms. The third-order valence-corrected chi connectivity index (χ3v) is 4.55. The molecule has 2 unspecified atom stereocenters. The number of hydrogen-bond donors (Lipinski definition) is 0.